The number of rotatable bonds is 4. The predicted molar refractivity (Wildman–Crippen MR) is 83.3 cm³/mol. The number of Topliss-reactive ketones (excluding diaryl/α,β-unsaturated/α-hetero) is 1. The molecule has 0 saturated carbocycles. The molecule has 1 heterocycles. The fourth-order valence-electron chi connectivity index (χ4n) is 1.59. The van der Waals surface area contributed by atoms with Crippen LogP contribution in [0.2, 0.25) is 15.2 Å². The molecule has 0 atom stereocenters. The van der Waals surface area contributed by atoms with Crippen LogP contribution in [0.25, 0.3) is 0 Å². The maximum Gasteiger partial charge on any atom is 0.188 e. The predicted octanol–water partition coefficient (Wildman–Crippen LogP) is 4.58. The molecule has 1 aromatic heterocycles. The van der Waals surface area contributed by atoms with Crippen LogP contribution in [0.5, 0.6) is 0 Å². The highest BCUT2D eigenvalue weighted by Crippen LogP contribution is 2.26. The third-order valence-corrected chi connectivity index (χ3v) is 4.16. The Balaban J connectivity index is 2.29. The van der Waals surface area contributed by atoms with Crippen molar-refractivity contribution in [3.8, 4) is 0 Å². The molecule has 0 aliphatic carbocycles. The molecule has 0 amide bonds. The molecule has 7 heteroatoms. The van der Waals surface area contributed by atoms with Gasteiger partial charge in [0, 0.05) is 22.7 Å². The lowest BCUT2D eigenvalue weighted by atomic mass is 10.1. The third-order valence-electron chi connectivity index (χ3n) is 2.60. The second kappa shape index (κ2) is 6.76. The molecule has 0 spiro atoms. The van der Waals surface area contributed by atoms with Crippen LogP contribution in [-0.4, -0.2) is 22.0 Å². The van der Waals surface area contributed by atoms with E-state index in [4.69, 9.17) is 34.8 Å². The molecule has 2 aromatic rings. The minimum Gasteiger partial charge on any atom is -0.294 e. The molecule has 2 rings (SSSR count). The summed E-state index contributed by atoms with van der Waals surface area (Å²) in [6.07, 6.45) is 3.31. The zero-order chi connectivity index (χ0) is 14.7. The van der Waals surface area contributed by atoms with Gasteiger partial charge in [-0.05, 0) is 24.0 Å². The van der Waals surface area contributed by atoms with E-state index < -0.39 is 0 Å². The Hall–Kier alpha value is -0.810. The summed E-state index contributed by atoms with van der Waals surface area (Å²) < 4.78 is 0. The molecule has 104 valence electrons. The van der Waals surface area contributed by atoms with E-state index in [1.807, 2.05) is 6.26 Å². The van der Waals surface area contributed by atoms with E-state index >= 15 is 0 Å². The molecular weight excluding hydrogens is 339 g/mol. The van der Waals surface area contributed by atoms with Crippen molar-refractivity contribution in [2.75, 3.05) is 6.26 Å². The van der Waals surface area contributed by atoms with Gasteiger partial charge in [-0.2, -0.15) is 0 Å². The number of hydrogen-bond acceptors (Lipinski definition) is 4. The Labute approximate surface area is 135 Å². The van der Waals surface area contributed by atoms with Gasteiger partial charge in [0.1, 0.15) is 5.15 Å². The van der Waals surface area contributed by atoms with Crippen LogP contribution >= 0.6 is 46.6 Å². The van der Waals surface area contributed by atoms with Gasteiger partial charge in [-0.25, -0.2) is 9.97 Å². The zero-order valence-corrected chi connectivity index (χ0v) is 13.4. The van der Waals surface area contributed by atoms with Crippen molar-refractivity contribution < 1.29 is 4.79 Å². The van der Waals surface area contributed by atoms with E-state index in [2.05, 4.69) is 9.97 Å². The fraction of sp³-hybridized carbons (Fsp3) is 0.154. The zero-order valence-electron chi connectivity index (χ0n) is 10.4. The lowest BCUT2D eigenvalue weighted by Gasteiger charge is -2.07. The molecule has 0 aliphatic rings. The number of carbonyl (C=O) groups excluding carboxylic acids is 1. The summed E-state index contributed by atoms with van der Waals surface area (Å²) in [5.74, 6) is -0.224. The van der Waals surface area contributed by atoms with Gasteiger partial charge in [-0.3, -0.25) is 4.79 Å². The summed E-state index contributed by atoms with van der Waals surface area (Å²) in [6.45, 7) is 0. The summed E-state index contributed by atoms with van der Waals surface area (Å²) in [5.41, 5.74) is 0.839. The van der Waals surface area contributed by atoms with E-state index in [0.29, 0.717) is 20.8 Å². The number of halogens is 3. The molecule has 20 heavy (non-hydrogen) atoms. The van der Waals surface area contributed by atoms with Crippen molar-refractivity contribution in [3.05, 3.63) is 50.7 Å². The molecule has 3 nitrogen and oxygen atoms in total. The first-order valence-electron chi connectivity index (χ1n) is 5.55. The number of ketones is 1. The van der Waals surface area contributed by atoms with Crippen LogP contribution < -0.4 is 0 Å². The number of thioether (sulfide) groups is 1. The Bertz CT molecular complexity index is 644. The van der Waals surface area contributed by atoms with E-state index in [1.54, 1.807) is 18.2 Å². The summed E-state index contributed by atoms with van der Waals surface area (Å²) in [4.78, 5) is 20.3. The van der Waals surface area contributed by atoms with Crippen LogP contribution in [-0.2, 0) is 6.42 Å². The summed E-state index contributed by atoms with van der Waals surface area (Å²) in [5, 5.41) is 1.55. The van der Waals surface area contributed by atoms with Gasteiger partial charge in [0.05, 0.1) is 5.56 Å². The van der Waals surface area contributed by atoms with Crippen LogP contribution in [0.15, 0.2) is 29.6 Å². The minimum absolute atomic E-state index is 0.0558. The normalized spacial score (nSPS) is 10.6. The first-order valence-corrected chi connectivity index (χ1v) is 7.91. The molecule has 0 fully saturated rings. The maximum atomic E-state index is 12.3. The molecule has 1 aromatic carbocycles. The van der Waals surface area contributed by atoms with Crippen molar-refractivity contribution in [2.24, 2.45) is 0 Å². The Morgan fingerprint density at radius 1 is 1.25 bits per heavy atom. The lowest BCUT2D eigenvalue weighted by Crippen LogP contribution is -2.07. The van der Waals surface area contributed by atoms with Crippen molar-refractivity contribution in [1.29, 1.82) is 0 Å². The number of aromatic nitrogens is 2. The summed E-state index contributed by atoms with van der Waals surface area (Å²) in [7, 11) is 0. The van der Waals surface area contributed by atoms with Gasteiger partial charge in [-0.1, -0.05) is 52.6 Å². The van der Waals surface area contributed by atoms with Gasteiger partial charge in [0.2, 0.25) is 0 Å². The van der Waals surface area contributed by atoms with Gasteiger partial charge >= 0.3 is 0 Å². The van der Waals surface area contributed by atoms with Crippen molar-refractivity contribution in [3.63, 3.8) is 0 Å². The molecule has 0 unspecified atom stereocenters. The van der Waals surface area contributed by atoms with Gasteiger partial charge in [0.15, 0.2) is 10.9 Å². The van der Waals surface area contributed by atoms with Crippen LogP contribution in [0.4, 0.5) is 0 Å². The number of benzene rings is 1. The Morgan fingerprint density at radius 3 is 2.45 bits per heavy atom. The minimum atomic E-state index is -0.224. The molecule has 0 aliphatic heterocycles. The van der Waals surface area contributed by atoms with Crippen molar-refractivity contribution >= 4 is 52.3 Å². The average Bonchev–Trinajstić information content (AvgIpc) is 2.42. The number of hydrogen-bond donors (Lipinski definition) is 0. The van der Waals surface area contributed by atoms with Crippen LogP contribution in [0.1, 0.15) is 15.9 Å². The molecule has 0 bridgehead atoms. The highest BCUT2D eigenvalue weighted by Gasteiger charge is 2.17. The first-order chi connectivity index (χ1) is 9.52. The van der Waals surface area contributed by atoms with Gasteiger partial charge in [0.25, 0.3) is 0 Å². The van der Waals surface area contributed by atoms with E-state index in [1.165, 1.54) is 18.0 Å². The monoisotopic (exact) mass is 346 g/mol. The lowest BCUT2D eigenvalue weighted by molar-refractivity contribution is 0.0992. The summed E-state index contributed by atoms with van der Waals surface area (Å²) in [6, 6.07) is 5.10. The van der Waals surface area contributed by atoms with E-state index in [0.717, 1.165) is 0 Å². The second-order valence-corrected chi connectivity index (χ2v) is 5.81. The second-order valence-electron chi connectivity index (χ2n) is 3.86. The quantitative estimate of drug-likeness (QED) is 0.351. The highest BCUT2D eigenvalue weighted by molar-refractivity contribution is 7.98. The Kier molecular flexibility index (Phi) is 5.27. The largest absolute Gasteiger partial charge is 0.294 e. The Morgan fingerprint density at radius 2 is 1.90 bits per heavy atom. The fourth-order valence-corrected chi connectivity index (χ4v) is 2.74. The highest BCUT2D eigenvalue weighted by atomic mass is 35.5. The standard InChI is InChI=1S/C13H9Cl3N2OS/c1-20-13-17-6-8(12(16)18-13)11(19)5-7-9(14)3-2-4-10(7)15/h2-4,6H,5H2,1H3. The number of nitrogens with zero attached hydrogens (tertiary/aromatic N) is 2. The van der Waals surface area contributed by atoms with E-state index in [-0.39, 0.29) is 22.9 Å². The molecular formula is C13H9Cl3N2OS. The smallest absolute Gasteiger partial charge is 0.188 e. The SMILES string of the molecule is CSc1ncc(C(=O)Cc2c(Cl)cccc2Cl)c(Cl)n1. The average molecular weight is 348 g/mol. The molecule has 0 N–H and O–H groups in total. The molecule has 0 radical (unpaired) electrons. The van der Waals surface area contributed by atoms with Gasteiger partial charge in [-0.15, -0.1) is 0 Å². The van der Waals surface area contributed by atoms with Crippen LogP contribution in [0.3, 0.4) is 0 Å². The topological polar surface area (TPSA) is 42.9 Å². The number of carbonyl (C=O) groups is 1. The van der Waals surface area contributed by atoms with E-state index in [9.17, 15) is 4.79 Å². The summed E-state index contributed by atoms with van der Waals surface area (Å²) >= 11 is 19.4. The van der Waals surface area contributed by atoms with Crippen LogP contribution in [0, 0.1) is 0 Å². The van der Waals surface area contributed by atoms with Gasteiger partial charge < -0.3 is 0 Å². The first kappa shape index (κ1) is 15.6. The van der Waals surface area contributed by atoms with Crippen molar-refractivity contribution in [2.45, 2.75) is 11.6 Å². The third kappa shape index (κ3) is 3.44. The maximum absolute atomic E-state index is 12.3. The molecule has 0 saturated heterocycles. The van der Waals surface area contributed by atoms with Crippen molar-refractivity contribution in [1.82, 2.24) is 9.97 Å².